The minimum atomic E-state index is -1.33. The molecule has 1 aromatic rings. The third-order valence-corrected chi connectivity index (χ3v) is 3.49. The van der Waals surface area contributed by atoms with E-state index in [2.05, 4.69) is 5.32 Å². The van der Waals surface area contributed by atoms with Gasteiger partial charge in [0.2, 0.25) is 0 Å². The number of aliphatic hydroxyl groups excluding tert-OH is 2. The average Bonchev–Trinajstić information content (AvgIpc) is 2.64. The molecular formula is C15H17Cl2N2NaO9. The fourth-order valence-electron chi connectivity index (χ4n) is 1.70. The largest absolute Gasteiger partial charge is 1.00 e. The van der Waals surface area contributed by atoms with Gasteiger partial charge in [0.15, 0.2) is 4.84 Å². The number of carboxylic acids is 2. The smallest absolute Gasteiger partial charge is 0.550 e. The van der Waals surface area contributed by atoms with Gasteiger partial charge in [0.1, 0.15) is 6.10 Å². The first-order valence-corrected chi connectivity index (χ1v) is 8.40. The van der Waals surface area contributed by atoms with Gasteiger partial charge in [-0.1, -0.05) is 23.2 Å². The zero-order chi connectivity index (χ0) is 21.9. The SMILES string of the molecule is O=C(N[C@H](CO)[C@H](O)c1ccc([N+](=O)[O-])cc1)C(Cl)Cl.O=C([O-])CCC(=O)O.[Na+]. The Bertz CT molecular complexity index is 675. The summed E-state index contributed by atoms with van der Waals surface area (Å²) in [5.74, 6) is -3.20. The number of non-ortho nitro benzene ring substituents is 1. The maximum atomic E-state index is 11.3. The number of carboxylic acid groups (broad SMARTS) is 2. The summed E-state index contributed by atoms with van der Waals surface area (Å²) in [6.07, 6.45) is -2.02. The Morgan fingerprint density at radius 2 is 1.66 bits per heavy atom. The number of hydrogen-bond donors (Lipinski definition) is 4. The third-order valence-electron chi connectivity index (χ3n) is 3.09. The fraction of sp³-hybridized carbons (Fsp3) is 0.400. The van der Waals surface area contributed by atoms with Crippen molar-refractivity contribution in [2.75, 3.05) is 6.61 Å². The van der Waals surface area contributed by atoms with Gasteiger partial charge in [-0.3, -0.25) is 19.7 Å². The Labute approximate surface area is 197 Å². The Hall–Kier alpha value is -1.47. The topological polar surface area (TPSA) is 190 Å². The van der Waals surface area contributed by atoms with E-state index in [0.717, 1.165) is 0 Å². The van der Waals surface area contributed by atoms with Crippen molar-refractivity contribution in [3.8, 4) is 0 Å². The van der Waals surface area contributed by atoms with Crippen LogP contribution >= 0.6 is 23.2 Å². The Balaban J connectivity index is 0. The van der Waals surface area contributed by atoms with Crippen LogP contribution in [0.15, 0.2) is 24.3 Å². The van der Waals surface area contributed by atoms with Gasteiger partial charge in [0.05, 0.1) is 24.0 Å². The first-order valence-electron chi connectivity index (χ1n) is 7.53. The van der Waals surface area contributed by atoms with E-state index >= 15 is 0 Å². The standard InChI is InChI=1S/C11H12Cl2N2O5.C4H6O4.Na/c12-10(13)11(18)14-8(5-16)9(17)6-1-3-7(4-2-6)15(19)20;5-3(6)1-2-4(7)8;/h1-4,8-10,16-17H,5H2,(H,14,18);1-2H2,(H,5,6)(H,7,8);/q;;+1/p-1/t8-,9-;;/m1../s1. The number of aliphatic carboxylic acids is 2. The number of nitrogens with one attached hydrogen (secondary N) is 1. The zero-order valence-corrected chi connectivity index (χ0v) is 18.7. The van der Waals surface area contributed by atoms with E-state index in [0.29, 0.717) is 5.56 Å². The molecule has 0 aromatic heterocycles. The first kappa shape index (κ1) is 29.7. The second kappa shape index (κ2) is 15.4. The second-order valence-electron chi connectivity index (χ2n) is 5.16. The van der Waals surface area contributed by atoms with Gasteiger partial charge in [0.25, 0.3) is 11.6 Å². The molecule has 14 heteroatoms. The summed E-state index contributed by atoms with van der Waals surface area (Å²) in [6.45, 7) is -0.551. The van der Waals surface area contributed by atoms with Gasteiger partial charge in [0, 0.05) is 18.1 Å². The minimum absolute atomic E-state index is 0. The molecule has 1 aromatic carbocycles. The fourth-order valence-corrected chi connectivity index (χ4v) is 1.83. The molecule has 1 amide bonds. The summed E-state index contributed by atoms with van der Waals surface area (Å²) in [5.41, 5.74) is 0.169. The van der Waals surface area contributed by atoms with Crippen LogP contribution in [0.25, 0.3) is 0 Å². The average molecular weight is 463 g/mol. The van der Waals surface area contributed by atoms with Crippen LogP contribution in [0.2, 0.25) is 0 Å². The first-order chi connectivity index (χ1) is 13.0. The number of carbonyl (C=O) groups excluding carboxylic acids is 2. The maximum absolute atomic E-state index is 11.3. The second-order valence-corrected chi connectivity index (χ2v) is 6.25. The van der Waals surface area contributed by atoms with Gasteiger partial charge in [-0.25, -0.2) is 0 Å². The summed E-state index contributed by atoms with van der Waals surface area (Å²) < 4.78 is 0. The van der Waals surface area contributed by atoms with Crippen LogP contribution in [-0.2, 0) is 14.4 Å². The van der Waals surface area contributed by atoms with Gasteiger partial charge < -0.3 is 30.5 Å². The molecule has 0 fully saturated rings. The molecule has 156 valence electrons. The van der Waals surface area contributed by atoms with Crippen molar-refractivity contribution in [1.29, 1.82) is 0 Å². The molecule has 0 radical (unpaired) electrons. The summed E-state index contributed by atoms with van der Waals surface area (Å²) in [7, 11) is 0. The number of nitrogens with zero attached hydrogens (tertiary/aromatic N) is 1. The van der Waals surface area contributed by atoms with Crippen LogP contribution in [0.1, 0.15) is 24.5 Å². The molecule has 2 atom stereocenters. The summed E-state index contributed by atoms with van der Waals surface area (Å²) in [4.78, 5) is 39.1. The molecule has 1 rings (SSSR count). The van der Waals surface area contributed by atoms with Crippen molar-refractivity contribution in [1.82, 2.24) is 5.32 Å². The quantitative estimate of drug-likeness (QED) is 0.125. The molecule has 0 aliphatic rings. The molecule has 29 heavy (non-hydrogen) atoms. The molecule has 0 aliphatic heterocycles. The Morgan fingerprint density at radius 1 is 1.14 bits per heavy atom. The van der Waals surface area contributed by atoms with E-state index < -0.39 is 52.8 Å². The number of rotatable bonds is 9. The monoisotopic (exact) mass is 462 g/mol. The molecule has 4 N–H and O–H groups in total. The van der Waals surface area contributed by atoms with Gasteiger partial charge >= 0.3 is 35.5 Å². The van der Waals surface area contributed by atoms with Crippen molar-refractivity contribution in [3.05, 3.63) is 39.9 Å². The predicted molar refractivity (Wildman–Crippen MR) is 94.4 cm³/mol. The van der Waals surface area contributed by atoms with E-state index in [4.69, 9.17) is 33.4 Å². The molecule has 0 bridgehead atoms. The van der Waals surface area contributed by atoms with E-state index in [1.165, 1.54) is 24.3 Å². The van der Waals surface area contributed by atoms with Gasteiger partial charge in [-0.2, -0.15) is 0 Å². The van der Waals surface area contributed by atoms with Crippen LogP contribution in [0.3, 0.4) is 0 Å². The third kappa shape index (κ3) is 12.6. The molecule has 0 saturated heterocycles. The molecule has 0 aliphatic carbocycles. The van der Waals surface area contributed by atoms with Crippen molar-refractivity contribution < 1.29 is 69.3 Å². The van der Waals surface area contributed by atoms with Crippen LogP contribution < -0.4 is 40.0 Å². The van der Waals surface area contributed by atoms with Crippen LogP contribution in [-0.4, -0.2) is 55.6 Å². The number of aliphatic hydroxyl groups is 2. The van der Waals surface area contributed by atoms with E-state index in [1.54, 1.807) is 0 Å². The Kier molecular flexibility index (Phi) is 15.8. The number of amides is 1. The number of carbonyl (C=O) groups is 3. The number of benzene rings is 1. The Morgan fingerprint density at radius 3 is 1.97 bits per heavy atom. The maximum Gasteiger partial charge on any atom is 1.00 e. The van der Waals surface area contributed by atoms with E-state index in [1.807, 2.05) is 0 Å². The number of nitro benzene ring substituents is 1. The predicted octanol–water partition coefficient (Wildman–Crippen LogP) is -3.49. The van der Waals surface area contributed by atoms with Crippen molar-refractivity contribution in [2.24, 2.45) is 0 Å². The number of nitro groups is 1. The minimum Gasteiger partial charge on any atom is -0.550 e. The van der Waals surface area contributed by atoms with Crippen molar-refractivity contribution in [3.63, 3.8) is 0 Å². The molecule has 0 saturated carbocycles. The normalized spacial score (nSPS) is 11.9. The van der Waals surface area contributed by atoms with Crippen molar-refractivity contribution >= 4 is 46.7 Å². The van der Waals surface area contributed by atoms with Crippen LogP contribution in [0.4, 0.5) is 5.69 Å². The summed E-state index contributed by atoms with van der Waals surface area (Å²) in [6, 6.07) is 4.05. The van der Waals surface area contributed by atoms with Crippen molar-refractivity contribution in [2.45, 2.75) is 29.8 Å². The van der Waals surface area contributed by atoms with E-state index in [-0.39, 0.29) is 41.7 Å². The van der Waals surface area contributed by atoms with Crippen LogP contribution in [0, 0.1) is 10.1 Å². The van der Waals surface area contributed by atoms with Crippen LogP contribution in [0.5, 0.6) is 0 Å². The molecule has 0 heterocycles. The van der Waals surface area contributed by atoms with E-state index in [9.17, 15) is 34.7 Å². The summed E-state index contributed by atoms with van der Waals surface area (Å²) in [5, 5.41) is 49.3. The molecule has 0 spiro atoms. The molecule has 0 unspecified atom stereocenters. The number of halogens is 2. The molecular weight excluding hydrogens is 446 g/mol. The van der Waals surface area contributed by atoms with Gasteiger partial charge in [-0.05, 0) is 24.1 Å². The zero-order valence-electron chi connectivity index (χ0n) is 15.2. The molecule has 11 nitrogen and oxygen atoms in total. The number of hydrogen-bond acceptors (Lipinski definition) is 8. The van der Waals surface area contributed by atoms with Gasteiger partial charge in [-0.15, -0.1) is 0 Å². The number of alkyl halides is 2. The summed E-state index contributed by atoms with van der Waals surface area (Å²) >= 11 is 10.7.